The Morgan fingerprint density at radius 2 is 2.13 bits per heavy atom. The molecule has 0 unspecified atom stereocenters. The highest BCUT2D eigenvalue weighted by atomic mass is 32.2. The Bertz CT molecular complexity index is 969. The summed E-state index contributed by atoms with van der Waals surface area (Å²) in [7, 11) is 3.03. The molecular weight excluding hydrogens is 313 g/mol. The van der Waals surface area contributed by atoms with Crippen LogP contribution in [0.3, 0.4) is 0 Å². The predicted molar refractivity (Wildman–Crippen MR) is 86.5 cm³/mol. The van der Waals surface area contributed by atoms with Crippen LogP contribution in [0.4, 0.5) is 5.82 Å². The number of nitrogens with one attached hydrogen (secondary N) is 1. The van der Waals surface area contributed by atoms with E-state index in [1.807, 2.05) is 40.9 Å². The van der Waals surface area contributed by atoms with Gasteiger partial charge in [-0.1, -0.05) is 6.07 Å². The van der Waals surface area contributed by atoms with Crippen LogP contribution in [0.2, 0.25) is 0 Å². The molecule has 0 aromatic carbocycles. The fraction of sp³-hybridized carbons (Fsp3) is 0.0769. The summed E-state index contributed by atoms with van der Waals surface area (Å²) < 4.78 is 8.48. The third kappa shape index (κ3) is 2.73. The van der Waals surface area contributed by atoms with Gasteiger partial charge in [0.1, 0.15) is 10.8 Å². The number of pyridine rings is 1. The molecule has 0 aliphatic heterocycles. The first-order chi connectivity index (χ1) is 11.3. The van der Waals surface area contributed by atoms with Gasteiger partial charge >= 0.3 is 7.62 Å². The number of hydrogen-bond acceptors (Lipinski definition) is 7. The van der Waals surface area contributed by atoms with E-state index >= 15 is 0 Å². The maximum Gasteiger partial charge on any atom is 0.437 e. The van der Waals surface area contributed by atoms with Crippen molar-refractivity contribution in [3.8, 4) is 0 Å². The molecule has 23 heavy (non-hydrogen) atoms. The molecule has 0 aliphatic rings. The van der Waals surface area contributed by atoms with Crippen molar-refractivity contribution in [3.63, 3.8) is 0 Å². The van der Waals surface area contributed by atoms with Gasteiger partial charge in [0.15, 0.2) is 11.3 Å². The van der Waals surface area contributed by atoms with Crippen molar-refractivity contribution in [2.75, 3.05) is 12.3 Å². The molecule has 4 heterocycles. The van der Waals surface area contributed by atoms with Crippen LogP contribution in [0.25, 0.3) is 11.3 Å². The van der Waals surface area contributed by atoms with Crippen LogP contribution in [0.1, 0.15) is 0 Å². The lowest BCUT2D eigenvalue weighted by Gasteiger charge is -1.99. The first-order valence-electron chi connectivity index (χ1n) is 6.78. The molecule has 1 radical (unpaired) electrons. The minimum absolute atomic E-state index is 0.662. The Labute approximate surface area is 136 Å². The van der Waals surface area contributed by atoms with Gasteiger partial charge in [-0.15, -0.1) is 10.2 Å². The number of anilines is 1. The van der Waals surface area contributed by atoms with Crippen molar-refractivity contribution in [2.45, 2.75) is 10.2 Å². The number of aromatic nitrogens is 6. The minimum atomic E-state index is 0.662. The van der Waals surface area contributed by atoms with E-state index in [0.29, 0.717) is 5.82 Å². The van der Waals surface area contributed by atoms with E-state index in [0.717, 1.165) is 21.5 Å². The number of nitrogens with zero attached hydrogens (tertiary/aromatic N) is 6. The number of rotatable bonds is 5. The molecule has 0 saturated heterocycles. The molecular formula is C13H11BN7OS. The fourth-order valence-electron chi connectivity index (χ4n) is 2.09. The number of fused-ring (bicyclic) bond motifs is 2. The highest BCUT2D eigenvalue weighted by Gasteiger charge is 2.09. The molecule has 4 aromatic heterocycles. The van der Waals surface area contributed by atoms with Crippen LogP contribution in [0, 0.1) is 0 Å². The maximum atomic E-state index is 4.85. The Balaban J connectivity index is 1.63. The van der Waals surface area contributed by atoms with Crippen LogP contribution in [0.5, 0.6) is 0 Å². The molecule has 113 valence electrons. The van der Waals surface area contributed by atoms with E-state index in [-0.39, 0.29) is 0 Å². The van der Waals surface area contributed by atoms with Crippen molar-refractivity contribution in [2.24, 2.45) is 0 Å². The largest absolute Gasteiger partial charge is 0.437 e. The van der Waals surface area contributed by atoms with Crippen molar-refractivity contribution in [1.82, 2.24) is 29.2 Å². The highest BCUT2D eigenvalue weighted by molar-refractivity contribution is 7.99. The molecule has 0 spiro atoms. The van der Waals surface area contributed by atoms with Gasteiger partial charge in [0, 0.05) is 13.3 Å². The molecule has 0 amide bonds. The van der Waals surface area contributed by atoms with Crippen LogP contribution in [-0.2, 0) is 4.65 Å². The molecule has 0 bridgehead atoms. The Kier molecular flexibility index (Phi) is 3.60. The minimum Gasteiger partial charge on any atom is -0.422 e. The summed E-state index contributed by atoms with van der Waals surface area (Å²) in [5, 5.41) is 17.3. The summed E-state index contributed by atoms with van der Waals surface area (Å²) in [6.07, 6.45) is 3.72. The lowest BCUT2D eigenvalue weighted by atomic mass is 10.3. The van der Waals surface area contributed by atoms with Crippen LogP contribution < -0.4 is 5.23 Å². The van der Waals surface area contributed by atoms with Gasteiger partial charge in [-0.3, -0.25) is 4.40 Å². The number of imidazole rings is 1. The third-order valence-corrected chi connectivity index (χ3v) is 3.99. The Morgan fingerprint density at radius 3 is 3.04 bits per heavy atom. The van der Waals surface area contributed by atoms with Crippen molar-refractivity contribution < 1.29 is 4.65 Å². The first kappa shape index (κ1) is 14.0. The van der Waals surface area contributed by atoms with E-state index in [2.05, 4.69) is 25.5 Å². The normalized spacial score (nSPS) is 11.2. The first-order valence-corrected chi connectivity index (χ1v) is 7.60. The third-order valence-electron chi connectivity index (χ3n) is 3.10. The van der Waals surface area contributed by atoms with E-state index in [1.165, 1.54) is 19.4 Å². The van der Waals surface area contributed by atoms with Gasteiger partial charge < -0.3 is 9.88 Å². The van der Waals surface area contributed by atoms with Crippen molar-refractivity contribution >= 4 is 36.5 Å². The predicted octanol–water partition coefficient (Wildman–Crippen LogP) is 1.52. The standard InChI is InChI=1S/C13H11BN7OS/c1-22-14-16-9-8-21-10(15-9)5-6-12(19-21)23-13-18-17-11-4-2-3-7-20(11)13/h2-8,16H,1H3. The van der Waals surface area contributed by atoms with Gasteiger partial charge in [0.05, 0.1) is 6.20 Å². The quantitative estimate of drug-likeness (QED) is 0.557. The van der Waals surface area contributed by atoms with Gasteiger partial charge in [-0.2, -0.15) is 5.10 Å². The van der Waals surface area contributed by atoms with E-state index < -0.39 is 0 Å². The van der Waals surface area contributed by atoms with Crippen LogP contribution >= 0.6 is 11.8 Å². The number of hydrogen-bond donors (Lipinski definition) is 1. The fourth-order valence-corrected chi connectivity index (χ4v) is 2.88. The zero-order valence-electron chi connectivity index (χ0n) is 12.1. The summed E-state index contributed by atoms with van der Waals surface area (Å²) in [6.45, 7) is 0. The van der Waals surface area contributed by atoms with Crippen molar-refractivity contribution in [3.05, 3.63) is 42.7 Å². The van der Waals surface area contributed by atoms with E-state index in [1.54, 1.807) is 17.8 Å². The molecule has 4 aromatic rings. The van der Waals surface area contributed by atoms with Gasteiger partial charge in [0.25, 0.3) is 0 Å². The topological polar surface area (TPSA) is 81.6 Å². The summed E-state index contributed by atoms with van der Waals surface area (Å²) in [4.78, 5) is 4.37. The zero-order chi connectivity index (χ0) is 15.6. The van der Waals surface area contributed by atoms with Gasteiger partial charge in [-0.25, -0.2) is 9.50 Å². The van der Waals surface area contributed by atoms with Crippen LogP contribution in [0.15, 0.2) is 52.9 Å². The molecule has 0 aliphatic carbocycles. The van der Waals surface area contributed by atoms with Crippen LogP contribution in [-0.4, -0.2) is 43.9 Å². The Morgan fingerprint density at radius 1 is 1.17 bits per heavy atom. The summed E-state index contributed by atoms with van der Waals surface area (Å²) in [6, 6.07) is 9.59. The summed E-state index contributed by atoms with van der Waals surface area (Å²) in [5.74, 6) is 0.662. The monoisotopic (exact) mass is 324 g/mol. The van der Waals surface area contributed by atoms with Gasteiger partial charge in [-0.05, 0) is 36.0 Å². The lowest BCUT2D eigenvalue weighted by molar-refractivity contribution is 0.446. The second-order valence-corrected chi connectivity index (χ2v) is 5.60. The van der Waals surface area contributed by atoms with Crippen molar-refractivity contribution in [1.29, 1.82) is 0 Å². The molecule has 8 nitrogen and oxygen atoms in total. The molecule has 4 rings (SSSR count). The van der Waals surface area contributed by atoms with Gasteiger partial charge in [0.2, 0.25) is 5.16 Å². The molecule has 0 saturated carbocycles. The second kappa shape index (κ2) is 5.90. The van der Waals surface area contributed by atoms with E-state index in [9.17, 15) is 0 Å². The SMILES string of the molecule is CO[B]Nc1cn2nc(Sc3nnc4ccccn34)ccc2n1. The maximum absolute atomic E-state index is 4.85. The smallest absolute Gasteiger partial charge is 0.422 e. The molecule has 0 fully saturated rings. The average molecular weight is 324 g/mol. The molecule has 10 heteroatoms. The Hall–Kier alpha value is -2.59. The second-order valence-electron chi connectivity index (χ2n) is 4.61. The average Bonchev–Trinajstić information content (AvgIpc) is 3.17. The zero-order valence-corrected chi connectivity index (χ0v) is 12.9. The van der Waals surface area contributed by atoms with E-state index in [4.69, 9.17) is 4.65 Å². The molecule has 1 N–H and O–H groups in total. The summed E-state index contributed by atoms with van der Waals surface area (Å²) >= 11 is 1.44. The molecule has 0 atom stereocenters. The lowest BCUT2D eigenvalue weighted by Crippen LogP contribution is -2.07. The summed E-state index contributed by atoms with van der Waals surface area (Å²) in [5.41, 5.74) is 1.55. The highest BCUT2D eigenvalue weighted by Crippen LogP contribution is 2.25.